The normalized spacial score (nSPS) is 47.1. The van der Waals surface area contributed by atoms with E-state index in [2.05, 4.69) is 19.2 Å². The van der Waals surface area contributed by atoms with Crippen molar-refractivity contribution in [2.24, 2.45) is 17.3 Å². The molecule has 0 saturated heterocycles. The van der Waals surface area contributed by atoms with Crippen molar-refractivity contribution in [3.05, 3.63) is 0 Å². The molecule has 0 heterocycles. The molecule has 0 bridgehead atoms. The van der Waals surface area contributed by atoms with Gasteiger partial charge >= 0.3 is 0 Å². The Morgan fingerprint density at radius 2 is 1.92 bits per heavy atom. The van der Waals surface area contributed by atoms with E-state index in [4.69, 9.17) is 0 Å². The second-order valence-corrected chi connectivity index (χ2v) is 6.28. The smallest absolute Gasteiger partial charge is 0.0101 e. The average Bonchev–Trinajstić information content (AvgIpc) is 2.66. The molecule has 3 aliphatic carbocycles. The summed E-state index contributed by atoms with van der Waals surface area (Å²) >= 11 is 0. The first-order valence-electron chi connectivity index (χ1n) is 5.90. The summed E-state index contributed by atoms with van der Waals surface area (Å²) in [5, 5.41) is 3.86. The fraction of sp³-hybridized carbons (Fsp3) is 1.00. The summed E-state index contributed by atoms with van der Waals surface area (Å²) in [5.41, 5.74) is 0.638. The summed E-state index contributed by atoms with van der Waals surface area (Å²) < 4.78 is 0. The van der Waals surface area contributed by atoms with Crippen LogP contribution in [0.1, 0.15) is 46.0 Å². The molecule has 0 aromatic heterocycles. The SMILES string of the molecule is CC1(C)CC(NC2CC[C@@H]3C[C@H]23)C1. The minimum absolute atomic E-state index is 0.638. The molecular formula is C12H21N. The van der Waals surface area contributed by atoms with E-state index in [1.807, 2.05) is 0 Å². The molecule has 1 nitrogen and oxygen atoms in total. The third-order valence-electron chi connectivity index (χ3n) is 4.39. The summed E-state index contributed by atoms with van der Waals surface area (Å²) in [5.74, 6) is 2.22. The van der Waals surface area contributed by atoms with Gasteiger partial charge in [-0.1, -0.05) is 13.8 Å². The lowest BCUT2D eigenvalue weighted by Gasteiger charge is -2.44. The van der Waals surface area contributed by atoms with Gasteiger partial charge in [0, 0.05) is 12.1 Å². The van der Waals surface area contributed by atoms with E-state index in [-0.39, 0.29) is 0 Å². The van der Waals surface area contributed by atoms with Crippen molar-refractivity contribution in [3.63, 3.8) is 0 Å². The predicted molar refractivity (Wildman–Crippen MR) is 54.6 cm³/mol. The lowest BCUT2D eigenvalue weighted by atomic mass is 9.68. The van der Waals surface area contributed by atoms with Crippen LogP contribution in [0.15, 0.2) is 0 Å². The van der Waals surface area contributed by atoms with Gasteiger partial charge in [0.2, 0.25) is 0 Å². The molecule has 0 radical (unpaired) electrons. The van der Waals surface area contributed by atoms with E-state index in [0.717, 1.165) is 23.9 Å². The van der Waals surface area contributed by atoms with Crippen molar-refractivity contribution >= 4 is 0 Å². The fourth-order valence-electron chi connectivity index (χ4n) is 3.61. The van der Waals surface area contributed by atoms with E-state index >= 15 is 0 Å². The third kappa shape index (κ3) is 1.41. The molecule has 13 heavy (non-hydrogen) atoms. The second kappa shape index (κ2) is 2.50. The molecule has 3 atom stereocenters. The third-order valence-corrected chi connectivity index (χ3v) is 4.39. The Bertz CT molecular complexity index is 213. The van der Waals surface area contributed by atoms with Crippen LogP contribution in [0.5, 0.6) is 0 Å². The number of hydrogen-bond donors (Lipinski definition) is 1. The van der Waals surface area contributed by atoms with Crippen molar-refractivity contribution in [2.75, 3.05) is 0 Å². The maximum Gasteiger partial charge on any atom is 0.0101 e. The van der Waals surface area contributed by atoms with Crippen molar-refractivity contribution in [1.29, 1.82) is 0 Å². The number of fused-ring (bicyclic) bond motifs is 1. The Morgan fingerprint density at radius 3 is 2.38 bits per heavy atom. The minimum atomic E-state index is 0.638. The Balaban J connectivity index is 1.49. The van der Waals surface area contributed by atoms with Gasteiger partial charge in [-0.3, -0.25) is 0 Å². The summed E-state index contributed by atoms with van der Waals surface area (Å²) in [4.78, 5) is 0. The van der Waals surface area contributed by atoms with Crippen molar-refractivity contribution in [2.45, 2.75) is 58.0 Å². The number of rotatable bonds is 2. The molecule has 3 rings (SSSR count). The first-order valence-corrected chi connectivity index (χ1v) is 5.90. The van der Waals surface area contributed by atoms with Gasteiger partial charge in [-0.25, -0.2) is 0 Å². The summed E-state index contributed by atoms with van der Waals surface area (Å²) in [6.07, 6.45) is 7.32. The second-order valence-electron chi connectivity index (χ2n) is 6.28. The molecule has 0 amide bonds. The molecule has 1 heteroatoms. The van der Waals surface area contributed by atoms with Gasteiger partial charge in [0.05, 0.1) is 0 Å². The molecule has 3 fully saturated rings. The van der Waals surface area contributed by atoms with Gasteiger partial charge in [0.15, 0.2) is 0 Å². The van der Waals surface area contributed by atoms with Crippen LogP contribution in [0.4, 0.5) is 0 Å². The molecule has 0 aromatic carbocycles. The highest BCUT2D eigenvalue weighted by molar-refractivity contribution is 5.04. The molecule has 3 saturated carbocycles. The van der Waals surface area contributed by atoms with E-state index in [1.54, 1.807) is 0 Å². The quantitative estimate of drug-likeness (QED) is 0.687. The topological polar surface area (TPSA) is 12.0 Å². The monoisotopic (exact) mass is 179 g/mol. The lowest BCUT2D eigenvalue weighted by molar-refractivity contribution is 0.114. The first kappa shape index (κ1) is 8.28. The molecule has 3 aliphatic rings. The summed E-state index contributed by atoms with van der Waals surface area (Å²) in [6.45, 7) is 4.78. The summed E-state index contributed by atoms with van der Waals surface area (Å²) in [6, 6.07) is 1.77. The van der Waals surface area contributed by atoms with Gasteiger partial charge in [-0.15, -0.1) is 0 Å². The molecule has 0 aliphatic heterocycles. The maximum atomic E-state index is 3.86. The number of hydrogen-bond acceptors (Lipinski definition) is 1. The van der Waals surface area contributed by atoms with Crippen molar-refractivity contribution in [1.82, 2.24) is 5.32 Å². The Morgan fingerprint density at radius 1 is 1.15 bits per heavy atom. The molecule has 74 valence electrons. The number of nitrogens with one attached hydrogen (secondary N) is 1. The molecule has 1 N–H and O–H groups in total. The highest BCUT2D eigenvalue weighted by Gasteiger charge is 2.49. The van der Waals surface area contributed by atoms with Crippen LogP contribution < -0.4 is 5.32 Å². The van der Waals surface area contributed by atoms with Crippen LogP contribution in [0.3, 0.4) is 0 Å². The van der Waals surface area contributed by atoms with Crippen LogP contribution in [0.25, 0.3) is 0 Å². The zero-order valence-corrected chi connectivity index (χ0v) is 8.84. The van der Waals surface area contributed by atoms with Crippen LogP contribution in [0.2, 0.25) is 0 Å². The standard InChI is InChI=1S/C12H21N/c1-12(2)6-9(7-12)13-11-4-3-8-5-10(8)11/h8-11,13H,3-7H2,1-2H3/t8-,10+,11?/m1/s1. The zero-order valence-electron chi connectivity index (χ0n) is 8.84. The minimum Gasteiger partial charge on any atom is -0.311 e. The van der Waals surface area contributed by atoms with Crippen LogP contribution in [-0.4, -0.2) is 12.1 Å². The Hall–Kier alpha value is -0.0400. The first-order chi connectivity index (χ1) is 6.14. The molecule has 0 aromatic rings. The van der Waals surface area contributed by atoms with E-state index in [1.165, 1.54) is 32.1 Å². The van der Waals surface area contributed by atoms with E-state index in [9.17, 15) is 0 Å². The fourth-order valence-corrected chi connectivity index (χ4v) is 3.61. The zero-order chi connectivity index (χ0) is 9.05. The van der Waals surface area contributed by atoms with Crippen LogP contribution in [-0.2, 0) is 0 Å². The highest BCUT2D eigenvalue weighted by atomic mass is 15.0. The van der Waals surface area contributed by atoms with Crippen molar-refractivity contribution in [3.8, 4) is 0 Å². The Kier molecular flexibility index (Phi) is 1.59. The van der Waals surface area contributed by atoms with Crippen LogP contribution in [0, 0.1) is 17.3 Å². The summed E-state index contributed by atoms with van der Waals surface area (Å²) in [7, 11) is 0. The predicted octanol–water partition coefficient (Wildman–Crippen LogP) is 2.56. The lowest BCUT2D eigenvalue weighted by Crippen LogP contribution is -2.49. The average molecular weight is 179 g/mol. The highest BCUT2D eigenvalue weighted by Crippen LogP contribution is 2.52. The van der Waals surface area contributed by atoms with Crippen LogP contribution >= 0.6 is 0 Å². The maximum absolute atomic E-state index is 3.86. The van der Waals surface area contributed by atoms with Gasteiger partial charge in [0.25, 0.3) is 0 Å². The van der Waals surface area contributed by atoms with Gasteiger partial charge in [-0.05, 0) is 49.4 Å². The van der Waals surface area contributed by atoms with Crippen molar-refractivity contribution < 1.29 is 0 Å². The molecular weight excluding hydrogens is 158 g/mol. The molecule has 0 spiro atoms. The van der Waals surface area contributed by atoms with Gasteiger partial charge < -0.3 is 5.32 Å². The Labute approximate surface area is 81.3 Å². The van der Waals surface area contributed by atoms with E-state index in [0.29, 0.717) is 5.41 Å². The van der Waals surface area contributed by atoms with E-state index < -0.39 is 0 Å². The van der Waals surface area contributed by atoms with Gasteiger partial charge in [0.1, 0.15) is 0 Å². The largest absolute Gasteiger partial charge is 0.311 e. The van der Waals surface area contributed by atoms with Gasteiger partial charge in [-0.2, -0.15) is 0 Å². The molecule has 1 unspecified atom stereocenters.